The lowest BCUT2D eigenvalue weighted by Crippen LogP contribution is -2.27. The predicted octanol–water partition coefficient (Wildman–Crippen LogP) is 2.86. The van der Waals surface area contributed by atoms with E-state index >= 15 is 0 Å². The Morgan fingerprint density at radius 3 is 2.60 bits per heavy atom. The molecule has 1 N–H and O–H groups in total. The van der Waals surface area contributed by atoms with E-state index in [2.05, 4.69) is 4.72 Å². The van der Waals surface area contributed by atoms with Gasteiger partial charge in [-0.25, -0.2) is 17.9 Å². The maximum atomic E-state index is 12.2. The summed E-state index contributed by atoms with van der Waals surface area (Å²) in [4.78, 5) is 24.3. The zero-order chi connectivity index (χ0) is 21.3. The molecule has 30 heavy (non-hydrogen) atoms. The molecular formula is C22H21NO6S. The molecule has 0 unspecified atom stereocenters. The molecule has 7 nitrogen and oxygen atoms in total. The normalized spacial score (nSPS) is 13.4. The van der Waals surface area contributed by atoms with Gasteiger partial charge in [-0.3, -0.25) is 4.79 Å². The second kappa shape index (κ2) is 8.04. The third-order valence-electron chi connectivity index (χ3n) is 5.13. The summed E-state index contributed by atoms with van der Waals surface area (Å²) in [7, 11) is -3.69. The van der Waals surface area contributed by atoms with Crippen LogP contribution in [-0.4, -0.2) is 20.9 Å². The van der Waals surface area contributed by atoms with E-state index in [1.165, 1.54) is 18.2 Å². The quantitative estimate of drug-likeness (QED) is 0.369. The molecule has 8 heteroatoms. The second-order valence-electron chi connectivity index (χ2n) is 7.29. The zero-order valence-electron chi connectivity index (χ0n) is 16.4. The number of hydrogen-bond donors (Lipinski definition) is 1. The molecule has 1 heterocycles. The van der Waals surface area contributed by atoms with E-state index in [9.17, 15) is 18.0 Å². The van der Waals surface area contributed by atoms with Crippen molar-refractivity contribution in [2.24, 2.45) is 0 Å². The Labute approximate surface area is 173 Å². The Kier molecular flexibility index (Phi) is 5.44. The van der Waals surface area contributed by atoms with Crippen LogP contribution in [0.3, 0.4) is 0 Å². The number of hydrogen-bond acceptors (Lipinski definition) is 6. The highest BCUT2D eigenvalue weighted by Gasteiger charge is 2.20. The van der Waals surface area contributed by atoms with Crippen molar-refractivity contribution in [3.63, 3.8) is 0 Å². The van der Waals surface area contributed by atoms with Crippen LogP contribution in [0.15, 0.2) is 56.6 Å². The maximum Gasteiger partial charge on any atom is 0.339 e. The minimum Gasteiger partial charge on any atom is -0.426 e. The number of esters is 1. The minimum absolute atomic E-state index is 0.0920. The molecule has 0 aliphatic heterocycles. The molecule has 0 saturated heterocycles. The molecule has 4 rings (SSSR count). The van der Waals surface area contributed by atoms with Crippen LogP contribution >= 0.6 is 0 Å². The summed E-state index contributed by atoms with van der Waals surface area (Å²) >= 11 is 0. The van der Waals surface area contributed by atoms with Crippen LogP contribution in [0, 0.1) is 6.92 Å². The highest BCUT2D eigenvalue weighted by atomic mass is 32.2. The standard InChI is InChI=1S/C22H21NO6S/c1-14-5-8-16(9-6-14)30(26,27)23-12-11-21(24)28-15-7-10-18-17-3-2-4-19(17)22(25)29-20(18)13-15/h5-10,13,23H,2-4,11-12H2,1H3. The van der Waals surface area contributed by atoms with Crippen LogP contribution in [0.4, 0.5) is 0 Å². The van der Waals surface area contributed by atoms with Gasteiger partial charge in [0, 0.05) is 23.6 Å². The molecular weight excluding hydrogens is 406 g/mol. The summed E-state index contributed by atoms with van der Waals surface area (Å²) in [5, 5.41) is 0.854. The lowest BCUT2D eigenvalue weighted by atomic mass is 10.1. The maximum absolute atomic E-state index is 12.2. The first kappa shape index (κ1) is 20.3. The van der Waals surface area contributed by atoms with Crippen molar-refractivity contribution in [1.29, 1.82) is 0 Å². The molecule has 1 aliphatic carbocycles. The van der Waals surface area contributed by atoms with Crippen LogP contribution < -0.4 is 15.1 Å². The molecule has 3 aromatic rings. The first-order chi connectivity index (χ1) is 14.3. The summed E-state index contributed by atoms with van der Waals surface area (Å²) < 4.78 is 37.5. The fraction of sp³-hybridized carbons (Fsp3) is 0.273. The lowest BCUT2D eigenvalue weighted by molar-refractivity contribution is -0.134. The van der Waals surface area contributed by atoms with Crippen LogP contribution in [0.5, 0.6) is 5.75 Å². The molecule has 0 bridgehead atoms. The third-order valence-corrected chi connectivity index (χ3v) is 6.61. The third kappa shape index (κ3) is 4.15. The Morgan fingerprint density at radius 1 is 1.10 bits per heavy atom. The SMILES string of the molecule is Cc1ccc(S(=O)(=O)NCCC(=O)Oc2ccc3c4c(c(=O)oc3c2)CCC4)cc1. The van der Waals surface area contributed by atoms with Gasteiger partial charge in [-0.1, -0.05) is 17.7 Å². The number of sulfonamides is 1. The molecule has 0 spiro atoms. The first-order valence-corrected chi connectivity index (χ1v) is 11.2. The number of rotatable bonds is 6. The fourth-order valence-corrected chi connectivity index (χ4v) is 4.63. The number of carbonyl (C=O) groups excluding carboxylic acids is 1. The van der Waals surface area contributed by atoms with Gasteiger partial charge in [-0.05, 0) is 56.0 Å². The monoisotopic (exact) mass is 427 g/mol. The van der Waals surface area contributed by atoms with Crippen molar-refractivity contribution in [2.45, 2.75) is 37.5 Å². The van der Waals surface area contributed by atoms with Crippen molar-refractivity contribution >= 4 is 27.0 Å². The number of ether oxygens (including phenoxy) is 1. The Balaban J connectivity index is 1.39. The van der Waals surface area contributed by atoms with E-state index in [0.29, 0.717) is 5.58 Å². The van der Waals surface area contributed by atoms with E-state index in [4.69, 9.17) is 9.15 Å². The number of nitrogens with one attached hydrogen (secondary N) is 1. The van der Waals surface area contributed by atoms with E-state index in [1.54, 1.807) is 24.3 Å². The molecule has 156 valence electrons. The Bertz CT molecular complexity index is 1280. The largest absolute Gasteiger partial charge is 0.426 e. The summed E-state index contributed by atoms with van der Waals surface area (Å²) in [5.41, 5.74) is 2.72. The van der Waals surface area contributed by atoms with Crippen LogP contribution in [-0.2, 0) is 27.7 Å². The predicted molar refractivity (Wildman–Crippen MR) is 111 cm³/mol. The number of fused-ring (bicyclic) bond motifs is 3. The Hall–Kier alpha value is -2.97. The molecule has 1 aliphatic rings. The fourth-order valence-electron chi connectivity index (χ4n) is 3.60. The van der Waals surface area contributed by atoms with Gasteiger partial charge in [0.1, 0.15) is 11.3 Å². The van der Waals surface area contributed by atoms with Crippen LogP contribution in [0.25, 0.3) is 11.0 Å². The van der Waals surface area contributed by atoms with Crippen molar-refractivity contribution < 1.29 is 22.4 Å². The number of carbonyl (C=O) groups is 1. The molecule has 0 amide bonds. The smallest absolute Gasteiger partial charge is 0.339 e. The first-order valence-electron chi connectivity index (χ1n) is 9.69. The summed E-state index contributed by atoms with van der Waals surface area (Å²) in [6, 6.07) is 11.4. The zero-order valence-corrected chi connectivity index (χ0v) is 17.3. The van der Waals surface area contributed by atoms with Gasteiger partial charge in [0.15, 0.2) is 0 Å². The topological polar surface area (TPSA) is 103 Å². The Morgan fingerprint density at radius 2 is 1.83 bits per heavy atom. The van der Waals surface area contributed by atoms with Crippen LogP contribution in [0.1, 0.15) is 29.5 Å². The summed E-state index contributed by atoms with van der Waals surface area (Å²) in [6.07, 6.45) is 2.34. The van der Waals surface area contributed by atoms with Gasteiger partial charge >= 0.3 is 11.6 Å². The average Bonchev–Trinajstić information content (AvgIpc) is 3.19. The van der Waals surface area contributed by atoms with Gasteiger partial charge in [-0.2, -0.15) is 0 Å². The van der Waals surface area contributed by atoms with Gasteiger partial charge in [0.05, 0.1) is 11.3 Å². The van der Waals surface area contributed by atoms with E-state index in [0.717, 1.165) is 41.3 Å². The van der Waals surface area contributed by atoms with Crippen molar-refractivity contribution in [2.75, 3.05) is 6.54 Å². The molecule has 0 atom stereocenters. The molecule has 0 radical (unpaired) electrons. The van der Waals surface area contributed by atoms with Gasteiger partial charge in [0.25, 0.3) is 0 Å². The summed E-state index contributed by atoms with van der Waals surface area (Å²) in [6.45, 7) is 1.77. The van der Waals surface area contributed by atoms with Gasteiger partial charge < -0.3 is 9.15 Å². The summed E-state index contributed by atoms with van der Waals surface area (Å²) in [5.74, 6) is -0.348. The van der Waals surface area contributed by atoms with Gasteiger partial charge in [-0.15, -0.1) is 0 Å². The van der Waals surface area contributed by atoms with E-state index in [1.807, 2.05) is 6.92 Å². The molecule has 0 saturated carbocycles. The molecule has 2 aromatic carbocycles. The van der Waals surface area contributed by atoms with E-state index in [-0.39, 0.29) is 29.2 Å². The van der Waals surface area contributed by atoms with Crippen LogP contribution in [0.2, 0.25) is 0 Å². The highest BCUT2D eigenvalue weighted by molar-refractivity contribution is 7.89. The van der Waals surface area contributed by atoms with Crippen molar-refractivity contribution in [3.8, 4) is 5.75 Å². The highest BCUT2D eigenvalue weighted by Crippen LogP contribution is 2.29. The second-order valence-corrected chi connectivity index (χ2v) is 9.06. The number of benzene rings is 2. The average molecular weight is 427 g/mol. The van der Waals surface area contributed by atoms with Crippen molar-refractivity contribution in [1.82, 2.24) is 4.72 Å². The number of aryl methyl sites for hydroxylation is 2. The molecule has 1 aromatic heterocycles. The van der Waals surface area contributed by atoms with Crippen molar-refractivity contribution in [3.05, 3.63) is 69.6 Å². The molecule has 0 fully saturated rings. The minimum atomic E-state index is -3.69. The van der Waals surface area contributed by atoms with E-state index < -0.39 is 16.0 Å². The van der Waals surface area contributed by atoms with Gasteiger partial charge in [0.2, 0.25) is 10.0 Å². The lowest BCUT2D eigenvalue weighted by Gasteiger charge is -2.09.